The third-order valence-corrected chi connectivity index (χ3v) is 2.71. The molecule has 0 aromatic heterocycles. The molecule has 0 spiro atoms. The molecule has 0 heterocycles. The van der Waals surface area contributed by atoms with Gasteiger partial charge < -0.3 is 5.01 Å². The second kappa shape index (κ2) is 5.28. The maximum Gasteiger partial charge on any atom is 0.0254 e. The number of rotatable bonds is 4. The largest absolute Gasteiger partial charge is 0.319 e. The number of hydrogen-bond acceptors (Lipinski definition) is 2. The van der Waals surface area contributed by atoms with Gasteiger partial charge in [-0.1, -0.05) is 27.7 Å². The van der Waals surface area contributed by atoms with Crippen molar-refractivity contribution in [1.29, 1.82) is 0 Å². The lowest BCUT2D eigenvalue weighted by atomic mass is 9.88. The van der Waals surface area contributed by atoms with E-state index in [2.05, 4.69) is 34.6 Å². The molecule has 0 saturated carbocycles. The lowest BCUT2D eigenvalue weighted by molar-refractivity contribution is 0.411. The summed E-state index contributed by atoms with van der Waals surface area (Å²) in [6, 6.07) is 0. The molecule has 2 N–H and O–H groups in total. The van der Waals surface area contributed by atoms with Gasteiger partial charge in [0, 0.05) is 12.7 Å². The number of hydrazine groups is 1. The molecule has 1 atom stereocenters. The summed E-state index contributed by atoms with van der Waals surface area (Å²) >= 11 is 0. The Bertz CT molecular complexity index is 181. The molecular formula is C11H24N2. The van der Waals surface area contributed by atoms with Crippen LogP contribution in [0.1, 0.15) is 41.0 Å². The Labute approximate surface area is 82.8 Å². The van der Waals surface area contributed by atoms with Gasteiger partial charge in [0.05, 0.1) is 0 Å². The maximum absolute atomic E-state index is 5.74. The van der Waals surface area contributed by atoms with Crippen LogP contribution in [0.2, 0.25) is 0 Å². The highest BCUT2D eigenvalue weighted by atomic mass is 15.4. The van der Waals surface area contributed by atoms with E-state index in [9.17, 15) is 0 Å². The van der Waals surface area contributed by atoms with Crippen LogP contribution >= 0.6 is 0 Å². The average Bonchev–Trinajstić information content (AvgIpc) is 2.03. The zero-order valence-electron chi connectivity index (χ0n) is 9.89. The van der Waals surface area contributed by atoms with Crippen molar-refractivity contribution in [2.45, 2.75) is 41.0 Å². The summed E-state index contributed by atoms with van der Waals surface area (Å²) in [5.41, 5.74) is 2.69. The van der Waals surface area contributed by atoms with Gasteiger partial charge in [0.15, 0.2) is 0 Å². The van der Waals surface area contributed by atoms with Gasteiger partial charge in [-0.05, 0) is 30.8 Å². The molecule has 0 aliphatic rings. The van der Waals surface area contributed by atoms with Gasteiger partial charge in [0.1, 0.15) is 0 Å². The van der Waals surface area contributed by atoms with Gasteiger partial charge in [-0.2, -0.15) is 0 Å². The predicted molar refractivity (Wildman–Crippen MR) is 58.9 cm³/mol. The van der Waals surface area contributed by atoms with Crippen LogP contribution in [0.5, 0.6) is 0 Å². The Hall–Kier alpha value is -0.500. The minimum absolute atomic E-state index is 0.584. The van der Waals surface area contributed by atoms with Crippen LogP contribution in [0, 0.1) is 11.8 Å². The number of hydrogen-bond donors (Lipinski definition) is 1. The smallest absolute Gasteiger partial charge is 0.0254 e. The van der Waals surface area contributed by atoms with Gasteiger partial charge in [-0.25, -0.2) is 5.84 Å². The van der Waals surface area contributed by atoms with E-state index < -0.39 is 0 Å². The molecule has 0 rings (SSSR count). The van der Waals surface area contributed by atoms with Crippen LogP contribution in [0.4, 0.5) is 0 Å². The van der Waals surface area contributed by atoms with E-state index in [0.29, 0.717) is 11.8 Å². The Balaban J connectivity index is 4.88. The fourth-order valence-electron chi connectivity index (χ4n) is 1.77. The van der Waals surface area contributed by atoms with E-state index in [-0.39, 0.29) is 0 Å². The van der Waals surface area contributed by atoms with Crippen molar-refractivity contribution < 1.29 is 0 Å². The Morgan fingerprint density at radius 1 is 1.31 bits per heavy atom. The molecule has 0 fully saturated rings. The quantitative estimate of drug-likeness (QED) is 0.537. The first-order valence-corrected chi connectivity index (χ1v) is 5.10. The Kier molecular flexibility index (Phi) is 5.07. The van der Waals surface area contributed by atoms with Gasteiger partial charge in [0.2, 0.25) is 0 Å². The molecule has 78 valence electrons. The SMILES string of the molecule is CCC(C)/C(=C(/C)N(C)N)C(C)C. The number of allylic oxidation sites excluding steroid dienone is 2. The molecule has 0 aromatic carbocycles. The maximum atomic E-state index is 5.74. The van der Waals surface area contributed by atoms with Crippen molar-refractivity contribution in [2.75, 3.05) is 7.05 Å². The van der Waals surface area contributed by atoms with Crippen molar-refractivity contribution in [2.24, 2.45) is 17.7 Å². The topological polar surface area (TPSA) is 29.3 Å². The van der Waals surface area contributed by atoms with Crippen molar-refractivity contribution >= 4 is 0 Å². The van der Waals surface area contributed by atoms with E-state index in [1.165, 1.54) is 17.7 Å². The minimum atomic E-state index is 0.584. The number of nitrogens with two attached hydrogens (primary N) is 1. The molecule has 1 unspecified atom stereocenters. The van der Waals surface area contributed by atoms with Gasteiger partial charge in [-0.15, -0.1) is 0 Å². The number of nitrogens with zero attached hydrogens (tertiary/aromatic N) is 1. The predicted octanol–water partition coefficient (Wildman–Crippen LogP) is 2.77. The normalized spacial score (nSPS) is 15.7. The summed E-state index contributed by atoms with van der Waals surface area (Å²) in [7, 11) is 1.90. The molecule has 0 amide bonds. The van der Waals surface area contributed by atoms with E-state index in [1.807, 2.05) is 7.05 Å². The highest BCUT2D eigenvalue weighted by molar-refractivity contribution is 5.15. The summed E-state index contributed by atoms with van der Waals surface area (Å²) in [5, 5.41) is 1.72. The molecule has 0 aliphatic heterocycles. The summed E-state index contributed by atoms with van der Waals surface area (Å²) in [6.45, 7) is 11.0. The molecule has 0 radical (unpaired) electrons. The second-order valence-corrected chi connectivity index (χ2v) is 4.12. The van der Waals surface area contributed by atoms with E-state index in [4.69, 9.17) is 5.84 Å². The van der Waals surface area contributed by atoms with Crippen molar-refractivity contribution in [3.63, 3.8) is 0 Å². The van der Waals surface area contributed by atoms with Crippen LogP contribution in [-0.2, 0) is 0 Å². The lowest BCUT2D eigenvalue weighted by Crippen LogP contribution is -2.27. The van der Waals surface area contributed by atoms with Gasteiger partial charge in [-0.3, -0.25) is 0 Å². The average molecular weight is 184 g/mol. The molecular weight excluding hydrogens is 160 g/mol. The Morgan fingerprint density at radius 2 is 1.77 bits per heavy atom. The van der Waals surface area contributed by atoms with Gasteiger partial charge in [0.25, 0.3) is 0 Å². The first kappa shape index (κ1) is 12.5. The first-order chi connectivity index (χ1) is 5.91. The van der Waals surface area contributed by atoms with E-state index in [0.717, 1.165) is 0 Å². The molecule has 2 heteroatoms. The minimum Gasteiger partial charge on any atom is -0.319 e. The zero-order chi connectivity index (χ0) is 10.6. The third kappa shape index (κ3) is 3.39. The van der Waals surface area contributed by atoms with Crippen molar-refractivity contribution in [3.8, 4) is 0 Å². The summed E-state index contributed by atoms with van der Waals surface area (Å²) in [4.78, 5) is 0. The standard InChI is InChI=1S/C11H24N2/c1-7-9(4)11(8(2)3)10(5)13(6)12/h8-9H,7,12H2,1-6H3/b11-10-. The molecule has 0 aliphatic carbocycles. The van der Waals surface area contributed by atoms with Crippen LogP contribution in [0.25, 0.3) is 0 Å². The van der Waals surface area contributed by atoms with Crippen molar-refractivity contribution in [3.05, 3.63) is 11.3 Å². The third-order valence-electron chi connectivity index (χ3n) is 2.71. The highest BCUT2D eigenvalue weighted by Gasteiger charge is 2.14. The van der Waals surface area contributed by atoms with E-state index in [1.54, 1.807) is 5.01 Å². The molecule has 0 bridgehead atoms. The summed E-state index contributed by atoms with van der Waals surface area (Å²) < 4.78 is 0. The first-order valence-electron chi connectivity index (χ1n) is 5.10. The van der Waals surface area contributed by atoms with Crippen LogP contribution in [0.15, 0.2) is 11.3 Å². The molecule has 0 aromatic rings. The fraction of sp³-hybridized carbons (Fsp3) is 0.818. The molecule has 13 heavy (non-hydrogen) atoms. The highest BCUT2D eigenvalue weighted by Crippen LogP contribution is 2.26. The zero-order valence-corrected chi connectivity index (χ0v) is 9.89. The Morgan fingerprint density at radius 3 is 2.00 bits per heavy atom. The monoisotopic (exact) mass is 184 g/mol. The van der Waals surface area contributed by atoms with Crippen LogP contribution < -0.4 is 5.84 Å². The summed E-state index contributed by atoms with van der Waals surface area (Å²) in [6.07, 6.45) is 1.18. The van der Waals surface area contributed by atoms with Crippen molar-refractivity contribution in [1.82, 2.24) is 5.01 Å². The molecule has 2 nitrogen and oxygen atoms in total. The van der Waals surface area contributed by atoms with Crippen LogP contribution in [0.3, 0.4) is 0 Å². The second-order valence-electron chi connectivity index (χ2n) is 4.12. The van der Waals surface area contributed by atoms with Crippen LogP contribution in [-0.4, -0.2) is 12.1 Å². The van der Waals surface area contributed by atoms with E-state index >= 15 is 0 Å². The molecule has 0 saturated heterocycles. The fourth-order valence-corrected chi connectivity index (χ4v) is 1.77. The lowest BCUT2D eigenvalue weighted by Gasteiger charge is -2.25. The van der Waals surface area contributed by atoms with Gasteiger partial charge >= 0.3 is 0 Å². The summed E-state index contributed by atoms with van der Waals surface area (Å²) in [5.74, 6) is 6.96.